The second-order valence-corrected chi connectivity index (χ2v) is 5.70. The van der Waals surface area contributed by atoms with Crippen molar-refractivity contribution in [2.24, 2.45) is 17.6 Å². The largest absolute Gasteiger partial charge is 0.333 e. The lowest BCUT2D eigenvalue weighted by atomic mass is 9.84. The van der Waals surface area contributed by atoms with Gasteiger partial charge in [-0.25, -0.2) is 4.79 Å². The lowest BCUT2D eigenvalue weighted by molar-refractivity contribution is 0.210. The smallest absolute Gasteiger partial charge is 0.317 e. The van der Waals surface area contributed by atoms with E-state index < -0.39 is 0 Å². The minimum absolute atomic E-state index is 0.112. The summed E-state index contributed by atoms with van der Waals surface area (Å²) in [6.45, 7) is 4.43. The Kier molecular flexibility index (Phi) is 4.26. The maximum absolute atomic E-state index is 11.9. The highest BCUT2D eigenvalue weighted by molar-refractivity contribution is 5.76. The second-order valence-electron chi connectivity index (χ2n) is 5.70. The van der Waals surface area contributed by atoms with Gasteiger partial charge in [-0.15, -0.1) is 0 Å². The van der Waals surface area contributed by atoms with Crippen LogP contribution in [0.1, 0.15) is 39.0 Å². The van der Waals surface area contributed by atoms with Crippen LogP contribution in [0.3, 0.4) is 0 Å². The molecule has 1 heterocycles. The molecule has 0 bridgehead atoms. The van der Waals surface area contributed by atoms with Crippen molar-refractivity contribution in [1.82, 2.24) is 10.2 Å². The fourth-order valence-corrected chi connectivity index (χ4v) is 3.03. The van der Waals surface area contributed by atoms with Crippen molar-refractivity contribution < 1.29 is 4.79 Å². The molecule has 1 saturated carbocycles. The highest BCUT2D eigenvalue weighted by Crippen LogP contribution is 2.28. The third kappa shape index (κ3) is 3.12. The Morgan fingerprint density at radius 1 is 1.41 bits per heavy atom. The molecule has 0 aromatic carbocycles. The number of hydrogen-bond acceptors (Lipinski definition) is 2. The van der Waals surface area contributed by atoms with Crippen LogP contribution in [0.15, 0.2) is 0 Å². The molecule has 0 spiro atoms. The summed E-state index contributed by atoms with van der Waals surface area (Å²) in [6.07, 6.45) is 6.59. The minimum atomic E-state index is 0.112. The molecule has 2 rings (SSSR count). The summed E-state index contributed by atoms with van der Waals surface area (Å²) in [5.74, 6) is 1.09. The van der Waals surface area contributed by atoms with Crippen LogP contribution in [-0.4, -0.2) is 36.6 Å². The Morgan fingerprint density at radius 2 is 2.12 bits per heavy atom. The van der Waals surface area contributed by atoms with Gasteiger partial charge in [-0.3, -0.25) is 0 Å². The monoisotopic (exact) mass is 239 g/mol. The van der Waals surface area contributed by atoms with Gasteiger partial charge in [-0.2, -0.15) is 0 Å². The number of amides is 2. The van der Waals surface area contributed by atoms with E-state index in [2.05, 4.69) is 12.2 Å². The number of nitrogens with one attached hydrogen (secondary N) is 1. The van der Waals surface area contributed by atoms with Gasteiger partial charge in [0.15, 0.2) is 0 Å². The molecular formula is C13H25N3O. The maximum Gasteiger partial charge on any atom is 0.317 e. The molecule has 2 aliphatic rings. The van der Waals surface area contributed by atoms with Crippen molar-refractivity contribution in [3.63, 3.8) is 0 Å². The molecule has 4 nitrogen and oxygen atoms in total. The summed E-state index contributed by atoms with van der Waals surface area (Å²) in [4.78, 5) is 13.8. The summed E-state index contributed by atoms with van der Waals surface area (Å²) in [5, 5.41) is 3.15. The van der Waals surface area contributed by atoms with E-state index in [0.717, 1.165) is 13.1 Å². The van der Waals surface area contributed by atoms with Gasteiger partial charge in [0.05, 0.1) is 6.04 Å². The van der Waals surface area contributed by atoms with Crippen molar-refractivity contribution in [1.29, 1.82) is 0 Å². The van der Waals surface area contributed by atoms with Crippen LogP contribution >= 0.6 is 0 Å². The standard InChI is InChI=1S/C13H25N3O/c1-10(7-14)8-16-9-12(15-13(16)17)11-5-3-2-4-6-11/h10-12H,2-9,14H2,1H3,(H,15,17). The van der Waals surface area contributed by atoms with E-state index in [0.29, 0.717) is 24.4 Å². The first kappa shape index (κ1) is 12.7. The van der Waals surface area contributed by atoms with E-state index in [1.807, 2.05) is 4.90 Å². The molecular weight excluding hydrogens is 214 g/mol. The zero-order valence-corrected chi connectivity index (χ0v) is 10.8. The zero-order valence-electron chi connectivity index (χ0n) is 10.8. The van der Waals surface area contributed by atoms with Crippen molar-refractivity contribution in [3.05, 3.63) is 0 Å². The summed E-state index contributed by atoms with van der Waals surface area (Å²) in [5.41, 5.74) is 5.61. The molecule has 98 valence electrons. The van der Waals surface area contributed by atoms with Crippen LogP contribution in [-0.2, 0) is 0 Å². The molecule has 1 aliphatic heterocycles. The molecule has 2 amide bonds. The molecule has 0 aromatic heterocycles. The Labute approximate surface area is 104 Å². The quantitative estimate of drug-likeness (QED) is 0.782. The molecule has 0 radical (unpaired) electrons. The third-order valence-corrected chi connectivity index (χ3v) is 4.17. The predicted octanol–water partition coefficient (Wildman–Crippen LogP) is 1.56. The summed E-state index contributed by atoms with van der Waals surface area (Å²) in [6, 6.07) is 0.494. The van der Waals surface area contributed by atoms with Crippen LogP contribution < -0.4 is 11.1 Å². The molecule has 2 unspecified atom stereocenters. The Bertz CT molecular complexity index is 263. The highest BCUT2D eigenvalue weighted by Gasteiger charge is 2.34. The van der Waals surface area contributed by atoms with Crippen LogP contribution in [0.2, 0.25) is 0 Å². The number of nitrogens with two attached hydrogens (primary N) is 1. The normalized spacial score (nSPS) is 28.2. The average molecular weight is 239 g/mol. The Balaban J connectivity index is 1.85. The van der Waals surface area contributed by atoms with Crippen molar-refractivity contribution in [3.8, 4) is 0 Å². The van der Waals surface area contributed by atoms with Gasteiger partial charge >= 0.3 is 6.03 Å². The fourth-order valence-electron chi connectivity index (χ4n) is 3.03. The number of urea groups is 1. The maximum atomic E-state index is 11.9. The first-order valence-electron chi connectivity index (χ1n) is 6.96. The lowest BCUT2D eigenvalue weighted by Crippen LogP contribution is -2.35. The van der Waals surface area contributed by atoms with Crippen LogP contribution in [0.25, 0.3) is 0 Å². The molecule has 3 N–H and O–H groups in total. The number of carbonyl (C=O) groups is 1. The molecule has 2 atom stereocenters. The van der Waals surface area contributed by atoms with Gasteiger partial charge in [0, 0.05) is 13.1 Å². The average Bonchev–Trinajstić information content (AvgIpc) is 2.72. The summed E-state index contributed by atoms with van der Waals surface area (Å²) in [7, 11) is 0. The zero-order chi connectivity index (χ0) is 12.3. The number of carbonyl (C=O) groups excluding carboxylic acids is 1. The second kappa shape index (κ2) is 5.71. The highest BCUT2D eigenvalue weighted by atomic mass is 16.2. The van der Waals surface area contributed by atoms with Crippen molar-refractivity contribution in [2.75, 3.05) is 19.6 Å². The van der Waals surface area contributed by atoms with Gasteiger partial charge in [0.2, 0.25) is 0 Å². The van der Waals surface area contributed by atoms with Crippen LogP contribution in [0, 0.1) is 11.8 Å². The Hall–Kier alpha value is -0.770. The van der Waals surface area contributed by atoms with E-state index in [1.54, 1.807) is 0 Å². The van der Waals surface area contributed by atoms with E-state index in [4.69, 9.17) is 5.73 Å². The molecule has 4 heteroatoms. The van der Waals surface area contributed by atoms with E-state index in [-0.39, 0.29) is 6.03 Å². The van der Waals surface area contributed by atoms with Crippen LogP contribution in [0.4, 0.5) is 4.79 Å². The van der Waals surface area contributed by atoms with Crippen molar-refractivity contribution in [2.45, 2.75) is 45.1 Å². The number of rotatable bonds is 4. The molecule has 17 heavy (non-hydrogen) atoms. The minimum Gasteiger partial charge on any atom is -0.333 e. The van der Waals surface area contributed by atoms with Crippen molar-refractivity contribution >= 4 is 6.03 Å². The van der Waals surface area contributed by atoms with E-state index in [9.17, 15) is 4.79 Å². The van der Waals surface area contributed by atoms with Gasteiger partial charge in [0.25, 0.3) is 0 Å². The van der Waals surface area contributed by atoms with Gasteiger partial charge in [-0.05, 0) is 31.2 Å². The van der Waals surface area contributed by atoms with Gasteiger partial charge in [-0.1, -0.05) is 26.2 Å². The van der Waals surface area contributed by atoms with Crippen LogP contribution in [0.5, 0.6) is 0 Å². The van der Waals surface area contributed by atoms with E-state index in [1.165, 1.54) is 32.1 Å². The first-order chi connectivity index (χ1) is 8.20. The topological polar surface area (TPSA) is 58.4 Å². The number of hydrogen-bond donors (Lipinski definition) is 2. The van der Waals surface area contributed by atoms with Gasteiger partial charge in [0.1, 0.15) is 0 Å². The van der Waals surface area contributed by atoms with E-state index >= 15 is 0 Å². The lowest BCUT2D eigenvalue weighted by Gasteiger charge is -2.27. The summed E-state index contributed by atoms with van der Waals surface area (Å²) < 4.78 is 0. The number of nitrogens with zero attached hydrogens (tertiary/aromatic N) is 1. The van der Waals surface area contributed by atoms with Gasteiger partial charge < -0.3 is 16.0 Å². The Morgan fingerprint density at radius 3 is 2.76 bits per heavy atom. The molecule has 0 aromatic rings. The first-order valence-corrected chi connectivity index (χ1v) is 6.96. The molecule has 2 fully saturated rings. The molecule has 1 aliphatic carbocycles. The molecule has 1 saturated heterocycles. The fraction of sp³-hybridized carbons (Fsp3) is 0.923. The summed E-state index contributed by atoms with van der Waals surface area (Å²) >= 11 is 0. The predicted molar refractivity (Wildman–Crippen MR) is 68.7 cm³/mol. The third-order valence-electron chi connectivity index (χ3n) is 4.17. The SMILES string of the molecule is CC(CN)CN1CC(C2CCCCC2)NC1=O.